The van der Waals surface area contributed by atoms with E-state index in [4.69, 9.17) is 32.1 Å². The van der Waals surface area contributed by atoms with Gasteiger partial charge in [-0.15, -0.1) is 0 Å². The van der Waals surface area contributed by atoms with Gasteiger partial charge < -0.3 is 10.1 Å². The quantitative estimate of drug-likeness (QED) is 0.754. The van der Waals surface area contributed by atoms with Crippen molar-refractivity contribution >= 4 is 17.3 Å². The fraction of sp³-hybridized carbons (Fsp3) is 0.0588. The van der Waals surface area contributed by atoms with Crippen molar-refractivity contribution in [3.8, 4) is 29.8 Å². The van der Waals surface area contributed by atoms with Gasteiger partial charge in [-0.25, -0.2) is 4.98 Å². The summed E-state index contributed by atoms with van der Waals surface area (Å²) in [4.78, 5) is 3.37. The molecule has 0 aliphatic heterocycles. The monoisotopic (exact) mass is 389 g/mol. The Morgan fingerprint density at radius 2 is 1.78 bits per heavy atom. The fourth-order valence-corrected chi connectivity index (χ4v) is 2.05. The third kappa shape index (κ3) is 4.88. The van der Waals surface area contributed by atoms with E-state index in [1.807, 2.05) is 0 Å². The largest absolute Gasteiger partial charge is 0.437 e. The molecule has 0 saturated heterocycles. The second-order valence-corrected chi connectivity index (χ2v) is 5.22. The van der Waals surface area contributed by atoms with Crippen molar-refractivity contribution in [3.63, 3.8) is 0 Å². The SMILES string of the molecule is N#CC(C#N)=C(C#N)Nc1ccc(Oc2cccc(C(F)(F)F)n2)c(Cl)c1. The molecule has 0 atom stereocenters. The number of anilines is 1. The molecule has 134 valence electrons. The number of nitrogens with zero attached hydrogens (tertiary/aromatic N) is 4. The molecule has 1 aromatic carbocycles. The Hall–Kier alpha value is -3.74. The zero-order chi connectivity index (χ0) is 20.0. The van der Waals surface area contributed by atoms with Gasteiger partial charge in [0, 0.05) is 11.8 Å². The molecule has 0 aliphatic rings. The second kappa shape index (κ2) is 8.09. The number of aromatic nitrogens is 1. The normalized spacial score (nSPS) is 10.1. The smallest absolute Gasteiger partial charge is 0.433 e. The summed E-state index contributed by atoms with van der Waals surface area (Å²) in [6.07, 6.45) is -4.61. The Labute approximate surface area is 156 Å². The maximum absolute atomic E-state index is 12.7. The molecule has 2 aromatic rings. The van der Waals surface area contributed by atoms with Crippen LogP contribution in [0.2, 0.25) is 5.02 Å². The zero-order valence-corrected chi connectivity index (χ0v) is 13.9. The van der Waals surface area contributed by atoms with Crippen LogP contribution >= 0.6 is 11.6 Å². The number of ether oxygens (including phenoxy) is 1. The predicted molar refractivity (Wildman–Crippen MR) is 88.3 cm³/mol. The van der Waals surface area contributed by atoms with Gasteiger partial charge in [-0.1, -0.05) is 17.7 Å². The summed E-state index contributed by atoms with van der Waals surface area (Å²) in [5.41, 5.74) is -1.53. The van der Waals surface area contributed by atoms with E-state index in [2.05, 4.69) is 10.3 Å². The van der Waals surface area contributed by atoms with Gasteiger partial charge in [-0.05, 0) is 24.3 Å². The van der Waals surface area contributed by atoms with E-state index in [0.29, 0.717) is 0 Å². The Balaban J connectivity index is 2.26. The summed E-state index contributed by atoms with van der Waals surface area (Å²) in [6, 6.07) is 12.1. The van der Waals surface area contributed by atoms with E-state index in [0.717, 1.165) is 12.1 Å². The number of alkyl halides is 3. The minimum Gasteiger partial charge on any atom is -0.437 e. The molecule has 27 heavy (non-hydrogen) atoms. The Morgan fingerprint density at radius 3 is 2.33 bits per heavy atom. The van der Waals surface area contributed by atoms with Gasteiger partial charge in [0.25, 0.3) is 0 Å². The second-order valence-electron chi connectivity index (χ2n) is 4.82. The number of rotatable bonds is 4. The highest BCUT2D eigenvalue weighted by Crippen LogP contribution is 2.33. The molecule has 0 spiro atoms. The van der Waals surface area contributed by atoms with Crippen molar-refractivity contribution < 1.29 is 17.9 Å². The summed E-state index contributed by atoms with van der Waals surface area (Å²) >= 11 is 6.04. The molecular formula is C17H7ClF3N5O. The van der Waals surface area contributed by atoms with Crippen LogP contribution in [0, 0.1) is 34.0 Å². The highest BCUT2D eigenvalue weighted by atomic mass is 35.5. The lowest BCUT2D eigenvalue weighted by molar-refractivity contribution is -0.141. The van der Waals surface area contributed by atoms with Crippen LogP contribution in [0.15, 0.2) is 47.7 Å². The molecule has 6 nitrogen and oxygen atoms in total. The van der Waals surface area contributed by atoms with Crippen LogP contribution in [0.1, 0.15) is 5.69 Å². The molecule has 0 amide bonds. The van der Waals surface area contributed by atoms with Gasteiger partial charge in [0.15, 0.2) is 5.57 Å². The third-order valence-corrected chi connectivity index (χ3v) is 3.31. The van der Waals surface area contributed by atoms with Crippen molar-refractivity contribution in [1.29, 1.82) is 15.8 Å². The molecule has 10 heteroatoms. The first-order valence-electron chi connectivity index (χ1n) is 7.01. The number of nitriles is 3. The minimum absolute atomic E-state index is 0.00645. The summed E-state index contributed by atoms with van der Waals surface area (Å²) < 4.78 is 43.3. The lowest BCUT2D eigenvalue weighted by Gasteiger charge is -2.11. The summed E-state index contributed by atoms with van der Waals surface area (Å²) in [5, 5.41) is 29.2. The standard InChI is InChI=1S/C17H7ClF3N5O/c18-12-6-11(25-13(9-24)10(7-22)8-23)4-5-14(12)27-16-3-1-2-15(26-16)17(19,20)21/h1-6,25H. The number of pyridine rings is 1. The lowest BCUT2D eigenvalue weighted by Crippen LogP contribution is -2.08. The van der Waals surface area contributed by atoms with E-state index in [1.165, 1.54) is 24.3 Å². The molecule has 0 fully saturated rings. The Kier molecular flexibility index (Phi) is 5.87. The van der Waals surface area contributed by atoms with E-state index >= 15 is 0 Å². The summed E-state index contributed by atoms with van der Waals surface area (Å²) in [6.45, 7) is 0. The highest BCUT2D eigenvalue weighted by Gasteiger charge is 2.32. The van der Waals surface area contributed by atoms with Crippen LogP contribution in [0.5, 0.6) is 11.6 Å². The van der Waals surface area contributed by atoms with Crippen molar-refractivity contribution in [3.05, 3.63) is 58.4 Å². The van der Waals surface area contributed by atoms with Crippen LogP contribution < -0.4 is 10.1 Å². The molecule has 0 saturated carbocycles. The molecule has 1 N–H and O–H groups in total. The zero-order valence-electron chi connectivity index (χ0n) is 13.2. The Morgan fingerprint density at radius 1 is 1.07 bits per heavy atom. The lowest BCUT2D eigenvalue weighted by atomic mass is 10.2. The fourth-order valence-electron chi connectivity index (χ4n) is 1.83. The molecule has 0 unspecified atom stereocenters. The molecule has 2 rings (SSSR count). The van der Waals surface area contributed by atoms with Crippen LogP contribution in [-0.4, -0.2) is 4.98 Å². The van der Waals surface area contributed by atoms with Crippen LogP contribution in [0.4, 0.5) is 18.9 Å². The topological polar surface area (TPSA) is 106 Å². The maximum atomic E-state index is 12.7. The van der Waals surface area contributed by atoms with Crippen LogP contribution in [0.3, 0.4) is 0 Å². The third-order valence-electron chi connectivity index (χ3n) is 3.02. The van der Waals surface area contributed by atoms with Gasteiger partial charge in [-0.3, -0.25) is 0 Å². The van der Waals surface area contributed by atoms with Gasteiger partial charge in [0.2, 0.25) is 5.88 Å². The number of allylic oxidation sites excluding steroid dienone is 2. The van der Waals surface area contributed by atoms with E-state index in [-0.39, 0.29) is 28.0 Å². The van der Waals surface area contributed by atoms with Crippen molar-refractivity contribution in [2.75, 3.05) is 5.32 Å². The van der Waals surface area contributed by atoms with Gasteiger partial charge in [0.1, 0.15) is 35.3 Å². The number of nitrogens with one attached hydrogen (secondary N) is 1. The van der Waals surface area contributed by atoms with E-state index in [1.54, 1.807) is 18.2 Å². The molecule has 1 heterocycles. The molecular weight excluding hydrogens is 383 g/mol. The first kappa shape index (κ1) is 19.6. The van der Waals surface area contributed by atoms with Crippen molar-refractivity contribution in [2.45, 2.75) is 6.18 Å². The van der Waals surface area contributed by atoms with E-state index < -0.39 is 17.4 Å². The average molecular weight is 390 g/mol. The molecule has 1 aromatic heterocycles. The van der Waals surface area contributed by atoms with Crippen molar-refractivity contribution in [1.82, 2.24) is 4.98 Å². The maximum Gasteiger partial charge on any atom is 0.433 e. The Bertz CT molecular complexity index is 1010. The number of hydrogen-bond donors (Lipinski definition) is 1. The molecule has 0 bridgehead atoms. The number of halogens is 4. The minimum atomic E-state index is -4.61. The van der Waals surface area contributed by atoms with Gasteiger partial charge >= 0.3 is 6.18 Å². The molecule has 0 radical (unpaired) electrons. The van der Waals surface area contributed by atoms with Crippen LogP contribution in [-0.2, 0) is 6.18 Å². The number of benzene rings is 1. The predicted octanol–water partition coefficient (Wildman–Crippen LogP) is 4.78. The van der Waals surface area contributed by atoms with Crippen LogP contribution in [0.25, 0.3) is 0 Å². The van der Waals surface area contributed by atoms with E-state index in [9.17, 15) is 13.2 Å². The average Bonchev–Trinajstić information content (AvgIpc) is 2.63. The first-order valence-corrected chi connectivity index (χ1v) is 7.39. The van der Waals surface area contributed by atoms with Gasteiger partial charge in [-0.2, -0.15) is 29.0 Å². The number of hydrogen-bond acceptors (Lipinski definition) is 6. The highest BCUT2D eigenvalue weighted by molar-refractivity contribution is 6.32. The summed E-state index contributed by atoms with van der Waals surface area (Å²) in [5.74, 6) is -0.279. The summed E-state index contributed by atoms with van der Waals surface area (Å²) in [7, 11) is 0. The van der Waals surface area contributed by atoms with Crippen molar-refractivity contribution in [2.24, 2.45) is 0 Å². The molecule has 0 aliphatic carbocycles. The van der Waals surface area contributed by atoms with Gasteiger partial charge in [0.05, 0.1) is 5.02 Å². The first-order chi connectivity index (χ1) is 12.8.